The molecule has 2 N–H and O–H groups in total. The van der Waals surface area contributed by atoms with Crippen LogP contribution in [0.2, 0.25) is 0 Å². The van der Waals surface area contributed by atoms with E-state index in [2.05, 4.69) is 10.3 Å². The third kappa shape index (κ3) is 5.11. The van der Waals surface area contributed by atoms with Crippen molar-refractivity contribution < 1.29 is 14.3 Å². The summed E-state index contributed by atoms with van der Waals surface area (Å²) >= 11 is 1.53. The first-order chi connectivity index (χ1) is 10.9. The number of rotatable bonds is 7. The molecule has 0 aliphatic heterocycles. The van der Waals surface area contributed by atoms with Crippen molar-refractivity contribution in [1.29, 1.82) is 0 Å². The topological polar surface area (TPSA) is 75.4 Å². The molecule has 5 nitrogen and oxygen atoms in total. The Morgan fingerprint density at radius 1 is 1.39 bits per heavy atom. The van der Waals surface area contributed by atoms with E-state index in [1.165, 1.54) is 11.8 Å². The summed E-state index contributed by atoms with van der Waals surface area (Å²) in [5.74, 6) is 2.43. The standard InChI is InChI=1S/C17H22N2O3S/c1-12-8-15(13(2)22-12)17(3,21)11-19-16(20)10-23-9-14-4-6-18-7-5-14/h4-8,21H,9-11H2,1-3H3,(H,19,20). The molecule has 0 saturated carbocycles. The van der Waals surface area contributed by atoms with Crippen LogP contribution in [0.1, 0.15) is 29.6 Å². The third-order valence-corrected chi connectivity index (χ3v) is 4.51. The van der Waals surface area contributed by atoms with Gasteiger partial charge in [0.1, 0.15) is 17.1 Å². The van der Waals surface area contributed by atoms with Gasteiger partial charge in [-0.1, -0.05) is 0 Å². The van der Waals surface area contributed by atoms with Gasteiger partial charge in [-0.2, -0.15) is 0 Å². The second-order valence-electron chi connectivity index (χ2n) is 5.73. The molecule has 2 aromatic rings. The van der Waals surface area contributed by atoms with Crippen LogP contribution in [0.25, 0.3) is 0 Å². The Kier molecular flexibility index (Phi) is 5.85. The number of nitrogens with zero attached hydrogens (tertiary/aromatic N) is 1. The highest BCUT2D eigenvalue weighted by Gasteiger charge is 2.28. The molecule has 1 unspecified atom stereocenters. The number of hydrogen-bond donors (Lipinski definition) is 2. The van der Waals surface area contributed by atoms with E-state index in [4.69, 9.17) is 4.42 Å². The van der Waals surface area contributed by atoms with Gasteiger partial charge < -0.3 is 14.8 Å². The lowest BCUT2D eigenvalue weighted by atomic mass is 9.96. The lowest BCUT2D eigenvalue weighted by molar-refractivity contribution is -0.119. The lowest BCUT2D eigenvalue weighted by Crippen LogP contribution is -2.39. The van der Waals surface area contributed by atoms with E-state index in [0.717, 1.165) is 17.1 Å². The zero-order valence-corrected chi connectivity index (χ0v) is 14.4. The van der Waals surface area contributed by atoms with Crippen molar-refractivity contribution in [3.05, 3.63) is 53.2 Å². The summed E-state index contributed by atoms with van der Waals surface area (Å²) in [4.78, 5) is 15.9. The Bertz CT molecular complexity index is 653. The number of furan rings is 1. The molecule has 0 bridgehead atoms. The first kappa shape index (κ1) is 17.6. The second kappa shape index (κ2) is 7.66. The maximum atomic E-state index is 11.9. The second-order valence-corrected chi connectivity index (χ2v) is 6.71. The summed E-state index contributed by atoms with van der Waals surface area (Å²) < 4.78 is 5.44. The van der Waals surface area contributed by atoms with Gasteiger partial charge in [-0.3, -0.25) is 9.78 Å². The van der Waals surface area contributed by atoms with Crippen molar-refractivity contribution in [1.82, 2.24) is 10.3 Å². The average molecular weight is 334 g/mol. The lowest BCUT2D eigenvalue weighted by Gasteiger charge is -2.23. The van der Waals surface area contributed by atoms with Crippen LogP contribution < -0.4 is 5.32 Å². The van der Waals surface area contributed by atoms with E-state index in [9.17, 15) is 9.90 Å². The van der Waals surface area contributed by atoms with Crippen molar-refractivity contribution in [3.8, 4) is 0 Å². The number of pyridine rings is 1. The highest BCUT2D eigenvalue weighted by Crippen LogP contribution is 2.26. The molecule has 23 heavy (non-hydrogen) atoms. The van der Waals surface area contributed by atoms with Crippen molar-refractivity contribution >= 4 is 17.7 Å². The van der Waals surface area contributed by atoms with E-state index >= 15 is 0 Å². The van der Waals surface area contributed by atoms with Gasteiger partial charge in [-0.15, -0.1) is 11.8 Å². The van der Waals surface area contributed by atoms with Gasteiger partial charge in [-0.05, 0) is 44.5 Å². The van der Waals surface area contributed by atoms with E-state index in [0.29, 0.717) is 17.1 Å². The van der Waals surface area contributed by atoms with Crippen molar-refractivity contribution in [3.63, 3.8) is 0 Å². The maximum Gasteiger partial charge on any atom is 0.230 e. The number of amides is 1. The van der Waals surface area contributed by atoms with E-state index in [1.807, 2.05) is 26.0 Å². The molecular formula is C17H22N2O3S. The van der Waals surface area contributed by atoms with Crippen molar-refractivity contribution in [2.75, 3.05) is 12.3 Å². The fourth-order valence-corrected chi connectivity index (χ4v) is 3.14. The van der Waals surface area contributed by atoms with Crippen molar-refractivity contribution in [2.24, 2.45) is 0 Å². The number of carbonyl (C=O) groups is 1. The molecule has 124 valence electrons. The molecule has 6 heteroatoms. The molecule has 0 radical (unpaired) electrons. The predicted octanol–water partition coefficient (Wildman–Crippen LogP) is 2.55. The van der Waals surface area contributed by atoms with Gasteiger partial charge in [-0.25, -0.2) is 0 Å². The Morgan fingerprint density at radius 3 is 2.70 bits per heavy atom. The van der Waals surface area contributed by atoms with Crippen LogP contribution in [0, 0.1) is 13.8 Å². The van der Waals surface area contributed by atoms with Crippen LogP contribution in [0.3, 0.4) is 0 Å². The predicted molar refractivity (Wildman–Crippen MR) is 91.2 cm³/mol. The fraction of sp³-hybridized carbons (Fsp3) is 0.412. The molecule has 0 aliphatic rings. The summed E-state index contributed by atoms with van der Waals surface area (Å²) in [6.07, 6.45) is 3.48. The molecule has 0 aliphatic carbocycles. The molecular weight excluding hydrogens is 312 g/mol. The number of hydrogen-bond acceptors (Lipinski definition) is 5. The minimum absolute atomic E-state index is 0.0952. The number of carbonyl (C=O) groups excluding carboxylic acids is 1. The molecule has 0 fully saturated rings. The van der Waals surface area contributed by atoms with Crippen LogP contribution in [0.15, 0.2) is 35.0 Å². The maximum absolute atomic E-state index is 11.9. The van der Waals surface area contributed by atoms with Gasteiger partial charge in [0.05, 0.1) is 12.3 Å². The minimum atomic E-state index is -1.15. The summed E-state index contributed by atoms with van der Waals surface area (Å²) in [7, 11) is 0. The van der Waals surface area contributed by atoms with Crippen LogP contribution in [-0.4, -0.2) is 28.3 Å². The zero-order chi connectivity index (χ0) is 16.9. The average Bonchev–Trinajstić information content (AvgIpc) is 2.86. The van der Waals surface area contributed by atoms with Crippen LogP contribution in [0.5, 0.6) is 0 Å². The quantitative estimate of drug-likeness (QED) is 0.814. The van der Waals surface area contributed by atoms with Crippen molar-refractivity contribution in [2.45, 2.75) is 32.1 Å². The Balaban J connectivity index is 1.78. The van der Waals surface area contributed by atoms with Crippen LogP contribution >= 0.6 is 11.8 Å². The normalized spacial score (nSPS) is 13.6. The highest BCUT2D eigenvalue weighted by molar-refractivity contribution is 7.99. The number of aromatic nitrogens is 1. The highest BCUT2D eigenvalue weighted by atomic mass is 32.2. The first-order valence-corrected chi connectivity index (χ1v) is 8.57. The monoisotopic (exact) mass is 334 g/mol. The smallest absolute Gasteiger partial charge is 0.230 e. The third-order valence-electron chi connectivity index (χ3n) is 3.50. The molecule has 2 heterocycles. The molecule has 0 saturated heterocycles. The Hall–Kier alpha value is -1.79. The van der Waals surface area contributed by atoms with E-state index in [1.54, 1.807) is 25.4 Å². The SMILES string of the molecule is Cc1cc(C(C)(O)CNC(=O)CSCc2ccncc2)c(C)o1. The number of thioether (sulfide) groups is 1. The largest absolute Gasteiger partial charge is 0.466 e. The molecule has 0 spiro atoms. The van der Waals surface area contributed by atoms with Gasteiger partial charge in [0, 0.05) is 23.7 Å². The van der Waals surface area contributed by atoms with E-state index in [-0.39, 0.29) is 12.5 Å². The number of aryl methyl sites for hydroxylation is 2. The van der Waals surface area contributed by atoms with Gasteiger partial charge in [0.25, 0.3) is 0 Å². The molecule has 2 rings (SSSR count). The number of aliphatic hydroxyl groups is 1. The first-order valence-electron chi connectivity index (χ1n) is 7.42. The zero-order valence-electron chi connectivity index (χ0n) is 13.6. The van der Waals surface area contributed by atoms with Gasteiger partial charge in [0.2, 0.25) is 5.91 Å². The van der Waals surface area contributed by atoms with E-state index < -0.39 is 5.60 Å². The van der Waals surface area contributed by atoms with Crippen LogP contribution in [0.4, 0.5) is 0 Å². The van der Waals surface area contributed by atoms with Gasteiger partial charge >= 0.3 is 0 Å². The molecule has 0 aromatic carbocycles. The minimum Gasteiger partial charge on any atom is -0.466 e. The number of nitrogens with one attached hydrogen (secondary N) is 1. The van der Waals surface area contributed by atoms with Crippen LogP contribution in [-0.2, 0) is 16.1 Å². The summed E-state index contributed by atoms with van der Waals surface area (Å²) in [5.41, 5.74) is 0.696. The molecule has 1 amide bonds. The summed E-state index contributed by atoms with van der Waals surface area (Å²) in [6, 6.07) is 5.67. The Labute approximate surface area is 140 Å². The molecule has 1 atom stereocenters. The molecule has 2 aromatic heterocycles. The Morgan fingerprint density at radius 2 is 2.09 bits per heavy atom. The summed E-state index contributed by atoms with van der Waals surface area (Å²) in [5, 5.41) is 13.3. The van der Waals surface area contributed by atoms with Gasteiger partial charge in [0.15, 0.2) is 0 Å². The summed E-state index contributed by atoms with van der Waals surface area (Å²) in [6.45, 7) is 5.47. The fourth-order valence-electron chi connectivity index (χ4n) is 2.32.